The first-order chi connectivity index (χ1) is 12.7. The molecule has 1 aromatic carbocycles. The lowest BCUT2D eigenvalue weighted by Gasteiger charge is -2.30. The van der Waals surface area contributed by atoms with Gasteiger partial charge in [-0.15, -0.1) is 0 Å². The Morgan fingerprint density at radius 2 is 2.00 bits per heavy atom. The van der Waals surface area contributed by atoms with Crippen molar-refractivity contribution in [2.24, 2.45) is 4.99 Å². The fraction of sp³-hybridized carbons (Fsp3) is 0.200. The molecular formula is C20H19N3O3. The summed E-state index contributed by atoms with van der Waals surface area (Å²) >= 11 is 0. The molecule has 0 saturated heterocycles. The van der Waals surface area contributed by atoms with Crippen LogP contribution in [0.2, 0.25) is 0 Å². The van der Waals surface area contributed by atoms with Crippen LogP contribution >= 0.6 is 0 Å². The van der Waals surface area contributed by atoms with Gasteiger partial charge in [-0.1, -0.05) is 30.8 Å². The first kappa shape index (κ1) is 17.5. The van der Waals surface area contributed by atoms with Gasteiger partial charge >= 0.3 is 0 Å². The maximum absolute atomic E-state index is 13.0. The van der Waals surface area contributed by atoms with E-state index in [0.29, 0.717) is 36.5 Å². The minimum Gasteiger partial charge on any atom is -0.502 e. The van der Waals surface area contributed by atoms with Crippen LogP contribution in [0.1, 0.15) is 28.3 Å². The second kappa shape index (κ2) is 8.20. The number of benzene rings is 1. The number of fused-ring (bicyclic) bond motifs is 1. The molecule has 0 bridgehead atoms. The van der Waals surface area contributed by atoms with Crippen molar-refractivity contribution in [3.63, 3.8) is 0 Å². The second-order valence-corrected chi connectivity index (χ2v) is 5.68. The van der Waals surface area contributed by atoms with Gasteiger partial charge < -0.3 is 4.74 Å². The highest BCUT2D eigenvalue weighted by Gasteiger charge is 2.39. The van der Waals surface area contributed by atoms with Crippen molar-refractivity contribution in [3.8, 4) is 0 Å². The molecule has 1 atom stereocenters. The van der Waals surface area contributed by atoms with Crippen LogP contribution in [0.25, 0.3) is 0 Å². The summed E-state index contributed by atoms with van der Waals surface area (Å²) in [5.74, 6) is -1.02. The van der Waals surface area contributed by atoms with Gasteiger partial charge in [0.2, 0.25) is 5.91 Å². The Morgan fingerprint density at radius 3 is 2.77 bits per heavy atom. The normalized spacial score (nSPS) is 16.6. The Morgan fingerprint density at radius 1 is 1.19 bits per heavy atom. The molecule has 2 heterocycles. The third-order valence-electron chi connectivity index (χ3n) is 4.02. The molecule has 3 rings (SSSR count). The van der Waals surface area contributed by atoms with Gasteiger partial charge in [0.25, 0.3) is 5.91 Å². The van der Waals surface area contributed by atoms with Gasteiger partial charge in [-0.25, -0.2) is 9.88 Å². The minimum absolute atomic E-state index is 0.315. The molecule has 2 amide bonds. The van der Waals surface area contributed by atoms with E-state index in [1.807, 2.05) is 6.07 Å². The number of aromatic nitrogens is 1. The van der Waals surface area contributed by atoms with Gasteiger partial charge in [0, 0.05) is 30.9 Å². The molecule has 0 saturated carbocycles. The summed E-state index contributed by atoms with van der Waals surface area (Å²) in [6, 6.07) is 12.2. The highest BCUT2D eigenvalue weighted by atomic mass is 16.5. The summed E-state index contributed by atoms with van der Waals surface area (Å²) < 4.78 is 5.05. The monoisotopic (exact) mass is 349 g/mol. The molecule has 1 unspecified atom stereocenters. The number of imide groups is 1. The maximum Gasteiger partial charge on any atom is 0.266 e. The SMILES string of the molecule is C=COCCCN=CC1C(=O)N(c2ccccn2)C(=O)c2ccccc21. The van der Waals surface area contributed by atoms with Gasteiger partial charge in [-0.05, 0) is 23.8 Å². The molecular weight excluding hydrogens is 330 g/mol. The molecule has 0 N–H and O–H groups in total. The molecule has 6 nitrogen and oxygen atoms in total. The summed E-state index contributed by atoms with van der Waals surface area (Å²) in [5.41, 5.74) is 1.16. The quantitative estimate of drug-likeness (QED) is 0.333. The van der Waals surface area contributed by atoms with E-state index in [0.717, 1.165) is 4.90 Å². The van der Waals surface area contributed by atoms with Crippen LogP contribution in [0.3, 0.4) is 0 Å². The van der Waals surface area contributed by atoms with Gasteiger partial charge in [-0.2, -0.15) is 0 Å². The summed E-state index contributed by atoms with van der Waals surface area (Å²) in [4.78, 5) is 35.4. The van der Waals surface area contributed by atoms with Gasteiger partial charge in [-0.3, -0.25) is 14.6 Å². The van der Waals surface area contributed by atoms with Crippen molar-refractivity contribution in [3.05, 3.63) is 72.6 Å². The van der Waals surface area contributed by atoms with Crippen molar-refractivity contribution >= 4 is 23.8 Å². The Labute approximate surface area is 151 Å². The number of ether oxygens (including phenoxy) is 1. The molecule has 1 aromatic heterocycles. The lowest BCUT2D eigenvalue weighted by atomic mass is 9.89. The van der Waals surface area contributed by atoms with Crippen molar-refractivity contribution in [1.29, 1.82) is 0 Å². The number of hydrogen-bond donors (Lipinski definition) is 0. The number of aliphatic imine (C=N–C) groups is 1. The van der Waals surface area contributed by atoms with Crippen LogP contribution in [0.5, 0.6) is 0 Å². The first-order valence-electron chi connectivity index (χ1n) is 8.34. The Bertz CT molecular complexity index is 833. The largest absolute Gasteiger partial charge is 0.502 e. The molecule has 1 aliphatic rings. The van der Waals surface area contributed by atoms with E-state index in [9.17, 15) is 9.59 Å². The molecule has 6 heteroatoms. The van der Waals surface area contributed by atoms with Crippen molar-refractivity contribution in [1.82, 2.24) is 4.98 Å². The average Bonchev–Trinajstić information content (AvgIpc) is 2.68. The first-order valence-corrected chi connectivity index (χ1v) is 8.34. The zero-order chi connectivity index (χ0) is 18.4. The number of amides is 2. The summed E-state index contributed by atoms with van der Waals surface area (Å²) in [6.07, 6.45) is 5.27. The van der Waals surface area contributed by atoms with E-state index >= 15 is 0 Å². The second-order valence-electron chi connectivity index (χ2n) is 5.68. The van der Waals surface area contributed by atoms with E-state index in [4.69, 9.17) is 4.74 Å². The molecule has 0 fully saturated rings. The van der Waals surface area contributed by atoms with Gasteiger partial charge in [0.05, 0.1) is 18.8 Å². The van der Waals surface area contributed by atoms with Crippen LogP contribution in [0.15, 0.2) is 66.5 Å². The highest BCUT2D eigenvalue weighted by Crippen LogP contribution is 2.30. The van der Waals surface area contributed by atoms with Crippen LogP contribution in [0, 0.1) is 0 Å². The molecule has 0 spiro atoms. The van der Waals surface area contributed by atoms with Crippen LogP contribution in [-0.2, 0) is 9.53 Å². The number of anilines is 1. The third-order valence-corrected chi connectivity index (χ3v) is 4.02. The number of pyridine rings is 1. The maximum atomic E-state index is 13.0. The number of nitrogens with zero attached hydrogens (tertiary/aromatic N) is 3. The van der Waals surface area contributed by atoms with E-state index in [2.05, 4.69) is 16.6 Å². The van der Waals surface area contributed by atoms with E-state index in [1.54, 1.807) is 48.8 Å². The van der Waals surface area contributed by atoms with E-state index in [1.165, 1.54) is 6.26 Å². The van der Waals surface area contributed by atoms with Crippen LogP contribution < -0.4 is 4.90 Å². The Hall–Kier alpha value is -3.28. The predicted molar refractivity (Wildman–Crippen MR) is 99.4 cm³/mol. The van der Waals surface area contributed by atoms with E-state index in [-0.39, 0.29) is 11.8 Å². The van der Waals surface area contributed by atoms with Crippen LogP contribution in [-0.4, -0.2) is 36.2 Å². The number of hydrogen-bond acceptors (Lipinski definition) is 5. The fourth-order valence-electron chi connectivity index (χ4n) is 2.81. The zero-order valence-electron chi connectivity index (χ0n) is 14.2. The smallest absolute Gasteiger partial charge is 0.266 e. The predicted octanol–water partition coefficient (Wildman–Crippen LogP) is 2.97. The van der Waals surface area contributed by atoms with Crippen molar-refractivity contribution in [2.45, 2.75) is 12.3 Å². The molecule has 0 aliphatic carbocycles. The van der Waals surface area contributed by atoms with Crippen molar-refractivity contribution < 1.29 is 14.3 Å². The third kappa shape index (κ3) is 3.54. The molecule has 26 heavy (non-hydrogen) atoms. The fourth-order valence-corrected chi connectivity index (χ4v) is 2.81. The lowest BCUT2D eigenvalue weighted by molar-refractivity contribution is -0.118. The van der Waals surface area contributed by atoms with Crippen LogP contribution in [0.4, 0.5) is 5.82 Å². The topological polar surface area (TPSA) is 71.9 Å². The molecule has 2 aromatic rings. The van der Waals surface area contributed by atoms with Gasteiger partial charge in [0.1, 0.15) is 5.82 Å². The van der Waals surface area contributed by atoms with E-state index < -0.39 is 5.92 Å². The number of rotatable bonds is 7. The summed E-state index contributed by atoms with van der Waals surface area (Å²) in [5, 5.41) is 0. The Kier molecular flexibility index (Phi) is 5.53. The zero-order valence-corrected chi connectivity index (χ0v) is 14.2. The number of carbonyl (C=O) groups is 2. The summed E-state index contributed by atoms with van der Waals surface area (Å²) in [6.45, 7) is 4.53. The standard InChI is InChI=1S/C20H19N3O3/c1-2-26-13-7-11-21-14-17-15-8-3-4-9-16(15)19(24)23(20(17)25)18-10-5-6-12-22-18/h2-6,8-10,12,14,17H,1,7,11,13H2. The average molecular weight is 349 g/mol. The van der Waals surface area contributed by atoms with Crippen molar-refractivity contribution in [2.75, 3.05) is 18.1 Å². The highest BCUT2D eigenvalue weighted by molar-refractivity contribution is 6.28. The summed E-state index contributed by atoms with van der Waals surface area (Å²) in [7, 11) is 0. The molecule has 1 aliphatic heterocycles. The van der Waals surface area contributed by atoms with Gasteiger partial charge in [0.15, 0.2) is 0 Å². The minimum atomic E-state index is -0.619. The Balaban J connectivity index is 1.89. The molecule has 0 radical (unpaired) electrons. The number of carbonyl (C=O) groups excluding carboxylic acids is 2. The molecule has 132 valence electrons. The lowest BCUT2D eigenvalue weighted by Crippen LogP contribution is -2.45.